The minimum absolute atomic E-state index is 0.226. The molecule has 8 heteroatoms. The number of nitrogens with zero attached hydrogens (tertiary/aromatic N) is 2. The molecule has 2 aliphatic rings. The van der Waals surface area contributed by atoms with Gasteiger partial charge >= 0.3 is 0 Å². The number of likely N-dealkylation sites (tertiary alicyclic amines) is 1. The number of hydrogen-bond acceptors (Lipinski definition) is 4. The number of anilines is 1. The van der Waals surface area contributed by atoms with Crippen LogP contribution in [-0.2, 0) is 14.4 Å². The topological polar surface area (TPSA) is 86.8 Å². The number of carbonyl (C=O) groups excluding carboxylic acids is 4. The van der Waals surface area contributed by atoms with Gasteiger partial charge < -0.3 is 10.2 Å². The van der Waals surface area contributed by atoms with Gasteiger partial charge in [0.25, 0.3) is 5.91 Å². The second-order valence-corrected chi connectivity index (χ2v) is 7.61. The molecule has 144 valence electrons. The van der Waals surface area contributed by atoms with Crippen molar-refractivity contribution < 1.29 is 19.2 Å². The van der Waals surface area contributed by atoms with Crippen LogP contribution < -0.4 is 5.32 Å². The molecule has 0 radical (unpaired) electrons. The van der Waals surface area contributed by atoms with Crippen molar-refractivity contribution in [3.63, 3.8) is 0 Å². The van der Waals surface area contributed by atoms with Gasteiger partial charge in [-0.25, -0.2) is 0 Å². The van der Waals surface area contributed by atoms with E-state index in [0.29, 0.717) is 18.4 Å². The molecule has 1 heterocycles. The third-order valence-corrected chi connectivity index (χ3v) is 5.46. The summed E-state index contributed by atoms with van der Waals surface area (Å²) in [7, 11) is 3.25. The van der Waals surface area contributed by atoms with Crippen LogP contribution in [0.2, 0.25) is 5.02 Å². The monoisotopic (exact) mass is 391 g/mol. The highest BCUT2D eigenvalue weighted by Gasteiger charge is 2.48. The summed E-state index contributed by atoms with van der Waals surface area (Å²) in [4.78, 5) is 51.9. The van der Waals surface area contributed by atoms with E-state index in [0.717, 1.165) is 17.7 Å². The fourth-order valence-electron chi connectivity index (χ4n) is 3.73. The van der Waals surface area contributed by atoms with Gasteiger partial charge in [-0.1, -0.05) is 24.4 Å². The summed E-state index contributed by atoms with van der Waals surface area (Å²) in [6.45, 7) is -0.340. The predicted molar refractivity (Wildman–Crippen MR) is 100 cm³/mol. The van der Waals surface area contributed by atoms with E-state index in [4.69, 9.17) is 11.6 Å². The molecule has 1 aliphatic carbocycles. The van der Waals surface area contributed by atoms with Crippen LogP contribution >= 0.6 is 11.6 Å². The highest BCUT2D eigenvalue weighted by molar-refractivity contribution is 6.34. The molecule has 7 nitrogen and oxygen atoms in total. The van der Waals surface area contributed by atoms with E-state index in [1.54, 1.807) is 20.2 Å². The van der Waals surface area contributed by atoms with E-state index in [1.165, 1.54) is 17.0 Å². The van der Waals surface area contributed by atoms with Crippen LogP contribution in [-0.4, -0.2) is 54.1 Å². The number of imide groups is 1. The van der Waals surface area contributed by atoms with Gasteiger partial charge in [0.1, 0.15) is 6.54 Å². The van der Waals surface area contributed by atoms with Crippen molar-refractivity contribution in [2.24, 2.45) is 11.8 Å². The quantitative estimate of drug-likeness (QED) is 0.797. The van der Waals surface area contributed by atoms with E-state index in [2.05, 4.69) is 5.32 Å². The zero-order chi connectivity index (χ0) is 19.7. The molecule has 1 aliphatic heterocycles. The lowest BCUT2D eigenvalue weighted by Gasteiger charge is -2.19. The second-order valence-electron chi connectivity index (χ2n) is 7.20. The number of nitrogens with one attached hydrogen (secondary N) is 1. The Morgan fingerprint density at radius 3 is 2.30 bits per heavy atom. The number of rotatable bonds is 4. The molecule has 0 aromatic heterocycles. The van der Waals surface area contributed by atoms with Gasteiger partial charge in [-0.15, -0.1) is 0 Å². The zero-order valence-corrected chi connectivity index (χ0v) is 16.1. The molecule has 4 amide bonds. The molecule has 3 rings (SSSR count). The Morgan fingerprint density at radius 1 is 1.15 bits per heavy atom. The van der Waals surface area contributed by atoms with E-state index in [9.17, 15) is 19.2 Å². The number of carbonyl (C=O) groups is 4. The molecule has 1 N–H and O–H groups in total. The molecule has 2 unspecified atom stereocenters. The van der Waals surface area contributed by atoms with Gasteiger partial charge in [-0.05, 0) is 31.0 Å². The van der Waals surface area contributed by atoms with Gasteiger partial charge in [-0.2, -0.15) is 0 Å². The number of halogens is 1. The summed E-state index contributed by atoms with van der Waals surface area (Å²) < 4.78 is 0. The first-order valence-corrected chi connectivity index (χ1v) is 9.33. The highest BCUT2D eigenvalue weighted by Crippen LogP contribution is 2.37. The molecule has 1 aromatic carbocycles. The van der Waals surface area contributed by atoms with E-state index in [-0.39, 0.29) is 46.8 Å². The maximum atomic E-state index is 12.5. The standard InChI is InChI=1S/C19H22ClN3O4/c1-22(2)17(25)11-7-8-14(20)15(9-11)21-16(24)10-23-18(26)12-5-3-4-6-13(12)19(23)27/h7-9,12-13H,3-6,10H2,1-2H3,(H,21,24). The Labute approximate surface area is 162 Å². The number of amides is 4. The summed E-state index contributed by atoms with van der Waals surface area (Å²) >= 11 is 6.11. The average Bonchev–Trinajstić information content (AvgIpc) is 2.88. The maximum Gasteiger partial charge on any atom is 0.253 e. The smallest absolute Gasteiger partial charge is 0.253 e. The SMILES string of the molecule is CN(C)C(=O)c1ccc(Cl)c(NC(=O)CN2C(=O)C3CCCCC3C2=O)c1. The summed E-state index contributed by atoms with van der Waals surface area (Å²) in [5, 5.41) is 2.88. The molecule has 27 heavy (non-hydrogen) atoms. The Bertz CT molecular complexity index is 784. The van der Waals surface area contributed by atoms with Crippen LogP contribution in [0, 0.1) is 11.8 Å². The first-order chi connectivity index (χ1) is 12.8. The Hall–Kier alpha value is -2.41. The lowest BCUT2D eigenvalue weighted by molar-refractivity contribution is -0.142. The van der Waals surface area contributed by atoms with Crippen molar-refractivity contribution in [3.8, 4) is 0 Å². The van der Waals surface area contributed by atoms with Crippen molar-refractivity contribution in [1.82, 2.24) is 9.80 Å². The van der Waals surface area contributed by atoms with Crippen molar-refractivity contribution >= 4 is 40.9 Å². The summed E-state index contributed by atoms with van der Waals surface area (Å²) in [6.07, 6.45) is 3.27. The van der Waals surface area contributed by atoms with Crippen LogP contribution in [0.15, 0.2) is 18.2 Å². The second kappa shape index (κ2) is 7.68. The Kier molecular flexibility index (Phi) is 5.51. The van der Waals surface area contributed by atoms with E-state index >= 15 is 0 Å². The van der Waals surface area contributed by atoms with Gasteiger partial charge in [0.15, 0.2) is 0 Å². The normalized spacial score (nSPS) is 21.8. The van der Waals surface area contributed by atoms with Crippen molar-refractivity contribution in [3.05, 3.63) is 28.8 Å². The molecule has 1 aromatic rings. The molecular weight excluding hydrogens is 370 g/mol. The first-order valence-electron chi connectivity index (χ1n) is 8.96. The summed E-state index contributed by atoms with van der Waals surface area (Å²) in [5.74, 6) is -1.85. The van der Waals surface area contributed by atoms with Crippen LogP contribution in [0.3, 0.4) is 0 Å². The van der Waals surface area contributed by atoms with Crippen molar-refractivity contribution in [2.75, 3.05) is 26.0 Å². The molecule has 1 saturated heterocycles. The number of fused-ring (bicyclic) bond motifs is 1. The molecule has 0 bridgehead atoms. The predicted octanol–water partition coefficient (Wildman–Crippen LogP) is 2.16. The van der Waals surface area contributed by atoms with Crippen LogP contribution in [0.5, 0.6) is 0 Å². The third kappa shape index (κ3) is 3.83. The maximum absolute atomic E-state index is 12.5. The molecule has 2 atom stereocenters. The minimum Gasteiger partial charge on any atom is -0.345 e. The Morgan fingerprint density at radius 2 is 1.74 bits per heavy atom. The van der Waals surface area contributed by atoms with Gasteiger partial charge in [-0.3, -0.25) is 24.1 Å². The Balaban J connectivity index is 1.71. The summed E-state index contributed by atoms with van der Waals surface area (Å²) in [5.41, 5.74) is 0.643. The third-order valence-electron chi connectivity index (χ3n) is 5.13. The lowest BCUT2D eigenvalue weighted by Crippen LogP contribution is -2.38. The van der Waals surface area contributed by atoms with Crippen LogP contribution in [0.25, 0.3) is 0 Å². The van der Waals surface area contributed by atoms with Crippen LogP contribution in [0.1, 0.15) is 36.0 Å². The fourth-order valence-corrected chi connectivity index (χ4v) is 3.90. The number of benzene rings is 1. The average molecular weight is 392 g/mol. The molecule has 0 spiro atoms. The van der Waals surface area contributed by atoms with E-state index < -0.39 is 5.91 Å². The molecular formula is C19H22ClN3O4. The highest BCUT2D eigenvalue weighted by atomic mass is 35.5. The minimum atomic E-state index is -0.522. The van der Waals surface area contributed by atoms with E-state index in [1.807, 2.05) is 0 Å². The van der Waals surface area contributed by atoms with Crippen molar-refractivity contribution in [2.45, 2.75) is 25.7 Å². The van der Waals surface area contributed by atoms with Crippen molar-refractivity contribution in [1.29, 1.82) is 0 Å². The zero-order valence-electron chi connectivity index (χ0n) is 15.3. The van der Waals surface area contributed by atoms with Gasteiger partial charge in [0, 0.05) is 19.7 Å². The van der Waals surface area contributed by atoms with Gasteiger partial charge in [0.2, 0.25) is 17.7 Å². The largest absolute Gasteiger partial charge is 0.345 e. The lowest BCUT2D eigenvalue weighted by atomic mass is 9.81. The first kappa shape index (κ1) is 19.4. The molecule has 1 saturated carbocycles. The molecule has 2 fully saturated rings. The van der Waals surface area contributed by atoms with Gasteiger partial charge in [0.05, 0.1) is 22.5 Å². The number of hydrogen-bond donors (Lipinski definition) is 1. The fraction of sp³-hybridized carbons (Fsp3) is 0.474. The van der Waals surface area contributed by atoms with Crippen LogP contribution in [0.4, 0.5) is 5.69 Å². The summed E-state index contributed by atoms with van der Waals surface area (Å²) in [6, 6.07) is 4.57.